The average Bonchev–Trinajstić information content (AvgIpc) is 2.94. The number of carbonyl (C=O) groups excluding carboxylic acids is 3. The Hall–Kier alpha value is -2.75. The van der Waals surface area contributed by atoms with Crippen LogP contribution in [0.3, 0.4) is 0 Å². The number of halogens is 2. The minimum Gasteiger partial charge on any atom is -0.325 e. The third-order valence-corrected chi connectivity index (χ3v) is 4.72. The Morgan fingerprint density at radius 3 is 2.48 bits per heavy atom. The number of alkyl halides is 2. The molecule has 27 heavy (non-hydrogen) atoms. The van der Waals surface area contributed by atoms with Crippen LogP contribution in [0.25, 0.3) is 0 Å². The monoisotopic (exact) mass is 375 g/mol. The standard InChI is InChI=1S/C20H19F2NO4/c21-20(22)12-4-2-1-3-5-16(20)13-14-6-8-15(9-7-14)19(26)27-23-17(24)10-11-18(23)25/h6-9,16H,1-3,5,10-11,13H2. The number of hydrogen-bond acceptors (Lipinski definition) is 4. The predicted molar refractivity (Wildman–Crippen MR) is 91.3 cm³/mol. The fourth-order valence-corrected chi connectivity index (χ4v) is 3.15. The highest BCUT2D eigenvalue weighted by Crippen LogP contribution is 2.33. The van der Waals surface area contributed by atoms with Crippen molar-refractivity contribution >= 4 is 17.8 Å². The van der Waals surface area contributed by atoms with Crippen LogP contribution in [0.15, 0.2) is 24.3 Å². The second kappa shape index (κ2) is 7.87. The number of imide groups is 1. The van der Waals surface area contributed by atoms with Gasteiger partial charge in [-0.05, 0) is 42.9 Å². The van der Waals surface area contributed by atoms with Gasteiger partial charge in [-0.15, -0.1) is 5.06 Å². The Balaban J connectivity index is 1.66. The summed E-state index contributed by atoms with van der Waals surface area (Å²) in [6, 6.07) is 6.03. The highest BCUT2D eigenvalue weighted by molar-refractivity contribution is 6.02. The molecule has 1 aromatic carbocycles. The topological polar surface area (TPSA) is 63.7 Å². The van der Waals surface area contributed by atoms with Crippen molar-refractivity contribution in [2.75, 3.05) is 0 Å². The van der Waals surface area contributed by atoms with E-state index in [0.29, 0.717) is 29.9 Å². The molecule has 3 rings (SSSR count). The van der Waals surface area contributed by atoms with Gasteiger partial charge in [-0.2, -0.15) is 8.78 Å². The molecule has 1 unspecified atom stereocenters. The molecule has 2 aliphatic rings. The molecular formula is C20H19F2NO4. The SMILES string of the molecule is O=C(ON1C(=O)CCC1=O)c1ccc(CC2CCCCC#CC2(F)F)cc1. The summed E-state index contributed by atoms with van der Waals surface area (Å²) in [7, 11) is 0. The zero-order chi connectivity index (χ0) is 19.4. The zero-order valence-electron chi connectivity index (χ0n) is 14.7. The Kier molecular flexibility index (Phi) is 5.54. The Morgan fingerprint density at radius 2 is 1.81 bits per heavy atom. The summed E-state index contributed by atoms with van der Waals surface area (Å²) in [5, 5.41) is 0.476. The molecule has 0 aromatic heterocycles. The summed E-state index contributed by atoms with van der Waals surface area (Å²) in [6.07, 6.45) is 2.61. The lowest BCUT2D eigenvalue weighted by Crippen LogP contribution is -2.32. The van der Waals surface area contributed by atoms with Crippen LogP contribution in [-0.4, -0.2) is 28.8 Å². The molecule has 142 valence electrons. The molecule has 1 aromatic rings. The van der Waals surface area contributed by atoms with Crippen molar-refractivity contribution in [2.45, 2.75) is 50.9 Å². The summed E-state index contributed by atoms with van der Waals surface area (Å²) in [5.74, 6) is -1.24. The van der Waals surface area contributed by atoms with E-state index in [1.54, 1.807) is 12.1 Å². The van der Waals surface area contributed by atoms with Crippen LogP contribution in [-0.2, 0) is 20.8 Å². The summed E-state index contributed by atoms with van der Waals surface area (Å²) in [6.45, 7) is 0. The van der Waals surface area contributed by atoms with Crippen molar-refractivity contribution in [3.63, 3.8) is 0 Å². The molecule has 1 saturated heterocycles. The number of benzene rings is 1. The van der Waals surface area contributed by atoms with Crippen LogP contribution >= 0.6 is 0 Å². The first-order valence-corrected chi connectivity index (χ1v) is 8.92. The van der Waals surface area contributed by atoms with Crippen LogP contribution in [0.2, 0.25) is 0 Å². The van der Waals surface area contributed by atoms with Crippen LogP contribution < -0.4 is 0 Å². The third kappa shape index (κ3) is 4.51. The summed E-state index contributed by atoms with van der Waals surface area (Å²) in [5.41, 5.74) is 0.794. The highest BCUT2D eigenvalue weighted by atomic mass is 19.3. The van der Waals surface area contributed by atoms with Gasteiger partial charge < -0.3 is 4.84 Å². The van der Waals surface area contributed by atoms with Crippen LogP contribution in [0.5, 0.6) is 0 Å². The second-order valence-electron chi connectivity index (χ2n) is 6.73. The van der Waals surface area contributed by atoms with E-state index in [1.807, 2.05) is 0 Å². The maximum Gasteiger partial charge on any atom is 0.363 e. The normalized spacial score (nSPS) is 21.9. The lowest BCUT2D eigenvalue weighted by atomic mass is 9.87. The largest absolute Gasteiger partial charge is 0.363 e. The van der Waals surface area contributed by atoms with E-state index in [0.717, 1.165) is 6.42 Å². The highest BCUT2D eigenvalue weighted by Gasteiger charge is 2.37. The number of hydroxylamine groups is 2. The first-order valence-electron chi connectivity index (χ1n) is 8.92. The lowest BCUT2D eigenvalue weighted by molar-refractivity contribution is -0.172. The van der Waals surface area contributed by atoms with E-state index in [4.69, 9.17) is 4.84 Å². The molecule has 1 atom stereocenters. The molecule has 0 radical (unpaired) electrons. The number of amides is 2. The minimum absolute atomic E-state index is 0.0174. The molecule has 0 spiro atoms. The molecule has 7 heteroatoms. The van der Waals surface area contributed by atoms with Gasteiger partial charge in [0, 0.05) is 25.2 Å². The number of rotatable bonds is 4. The van der Waals surface area contributed by atoms with Crippen molar-refractivity contribution in [1.29, 1.82) is 0 Å². The smallest absolute Gasteiger partial charge is 0.325 e. The van der Waals surface area contributed by atoms with Gasteiger partial charge in [0.25, 0.3) is 11.8 Å². The first kappa shape index (κ1) is 19.0. The van der Waals surface area contributed by atoms with Gasteiger partial charge in [-0.3, -0.25) is 9.59 Å². The first-order chi connectivity index (χ1) is 12.9. The van der Waals surface area contributed by atoms with Gasteiger partial charge in [0.05, 0.1) is 5.56 Å². The van der Waals surface area contributed by atoms with Crippen LogP contribution in [0.4, 0.5) is 8.78 Å². The van der Waals surface area contributed by atoms with Gasteiger partial charge in [-0.25, -0.2) is 4.79 Å². The van der Waals surface area contributed by atoms with Gasteiger partial charge in [0.2, 0.25) is 0 Å². The molecule has 1 aliphatic heterocycles. The predicted octanol–water partition coefficient (Wildman–Crippen LogP) is 3.28. The van der Waals surface area contributed by atoms with E-state index in [-0.39, 0.29) is 24.8 Å². The van der Waals surface area contributed by atoms with Crippen molar-refractivity contribution in [2.24, 2.45) is 5.92 Å². The number of carbonyl (C=O) groups is 3. The van der Waals surface area contributed by atoms with E-state index in [9.17, 15) is 23.2 Å². The Bertz CT molecular complexity index is 792. The molecule has 0 bridgehead atoms. The van der Waals surface area contributed by atoms with E-state index >= 15 is 0 Å². The molecule has 5 nitrogen and oxygen atoms in total. The Morgan fingerprint density at radius 1 is 1.15 bits per heavy atom. The molecule has 2 amide bonds. The van der Waals surface area contributed by atoms with Crippen molar-refractivity contribution in [1.82, 2.24) is 5.06 Å². The average molecular weight is 375 g/mol. The van der Waals surface area contributed by atoms with Crippen molar-refractivity contribution in [3.05, 3.63) is 35.4 Å². The number of nitrogens with zero attached hydrogens (tertiary/aromatic N) is 1. The molecule has 1 fully saturated rings. The molecular weight excluding hydrogens is 356 g/mol. The van der Waals surface area contributed by atoms with Gasteiger partial charge in [0.15, 0.2) is 0 Å². The minimum atomic E-state index is -3.03. The number of hydrogen-bond donors (Lipinski definition) is 0. The second-order valence-corrected chi connectivity index (χ2v) is 6.73. The van der Waals surface area contributed by atoms with Gasteiger partial charge in [-0.1, -0.05) is 24.5 Å². The van der Waals surface area contributed by atoms with Crippen molar-refractivity contribution < 1.29 is 28.0 Å². The maximum absolute atomic E-state index is 14.2. The lowest BCUT2D eigenvalue weighted by Gasteiger charge is -2.24. The van der Waals surface area contributed by atoms with Gasteiger partial charge >= 0.3 is 11.9 Å². The van der Waals surface area contributed by atoms with Crippen molar-refractivity contribution in [3.8, 4) is 11.8 Å². The van der Waals surface area contributed by atoms with Crippen LogP contribution in [0, 0.1) is 17.8 Å². The summed E-state index contributed by atoms with van der Waals surface area (Å²) in [4.78, 5) is 39.9. The quantitative estimate of drug-likeness (QED) is 0.599. The fraction of sp³-hybridized carbons (Fsp3) is 0.450. The third-order valence-electron chi connectivity index (χ3n) is 4.72. The Labute approximate surface area is 155 Å². The molecule has 0 saturated carbocycles. The van der Waals surface area contributed by atoms with E-state index < -0.39 is 29.6 Å². The van der Waals surface area contributed by atoms with Gasteiger partial charge in [0.1, 0.15) is 0 Å². The maximum atomic E-state index is 14.2. The molecule has 1 heterocycles. The van der Waals surface area contributed by atoms with E-state index in [1.165, 1.54) is 12.1 Å². The summed E-state index contributed by atoms with van der Waals surface area (Å²) >= 11 is 0. The molecule has 1 aliphatic carbocycles. The molecule has 0 N–H and O–H groups in total. The van der Waals surface area contributed by atoms with Crippen LogP contribution in [0.1, 0.15) is 54.4 Å². The summed E-state index contributed by atoms with van der Waals surface area (Å²) < 4.78 is 28.4. The zero-order valence-corrected chi connectivity index (χ0v) is 14.7. The fourth-order valence-electron chi connectivity index (χ4n) is 3.15. The van der Waals surface area contributed by atoms with E-state index in [2.05, 4.69) is 11.8 Å².